The van der Waals surface area contributed by atoms with E-state index in [0.29, 0.717) is 11.2 Å². The van der Waals surface area contributed by atoms with E-state index in [1.165, 1.54) is 36.9 Å². The summed E-state index contributed by atoms with van der Waals surface area (Å²) in [6.45, 7) is 4.42. The van der Waals surface area contributed by atoms with E-state index < -0.39 is 0 Å². The average molecular weight is 430 g/mol. The van der Waals surface area contributed by atoms with Crippen LogP contribution in [0.15, 0.2) is 47.6 Å². The summed E-state index contributed by atoms with van der Waals surface area (Å²) in [5.41, 5.74) is 4.56. The monoisotopic (exact) mass is 429 g/mol. The lowest BCUT2D eigenvalue weighted by atomic mass is 10.1. The molecule has 1 saturated carbocycles. The van der Waals surface area contributed by atoms with Crippen molar-refractivity contribution in [3.63, 3.8) is 0 Å². The molecule has 1 unspecified atom stereocenters. The molecule has 2 N–H and O–H groups in total. The van der Waals surface area contributed by atoms with E-state index in [-0.39, 0.29) is 18.4 Å². The molecule has 154 valence electrons. The zero-order chi connectivity index (χ0) is 18.9. The molecule has 1 saturated heterocycles. The molecule has 0 spiro atoms. The van der Waals surface area contributed by atoms with E-state index in [2.05, 4.69) is 58.5 Å². The third-order valence-corrected chi connectivity index (χ3v) is 6.96. The number of fused-ring (bicyclic) bond motifs is 1. The predicted octanol–water partition coefficient (Wildman–Crippen LogP) is 5.05. The van der Waals surface area contributed by atoms with E-state index in [1.54, 1.807) is 0 Å². The first-order valence-electron chi connectivity index (χ1n) is 10.4. The Morgan fingerprint density at radius 3 is 2.62 bits per heavy atom. The molecular formula is C22H28ClN5S. The molecule has 2 aromatic heterocycles. The van der Waals surface area contributed by atoms with Crippen LogP contribution in [-0.4, -0.2) is 32.9 Å². The molecular weight excluding hydrogens is 402 g/mol. The number of thioether (sulfide) groups is 1. The topological polar surface area (TPSA) is 54.2 Å². The number of benzene rings is 1. The van der Waals surface area contributed by atoms with Gasteiger partial charge in [-0.25, -0.2) is 9.50 Å². The largest absolute Gasteiger partial charge is 0.375 e. The number of imidazole rings is 1. The maximum absolute atomic E-state index is 4.99. The van der Waals surface area contributed by atoms with Crippen molar-refractivity contribution in [3.05, 3.63) is 53.9 Å². The minimum absolute atomic E-state index is 0. The first-order chi connectivity index (χ1) is 13.8. The minimum Gasteiger partial charge on any atom is -0.375 e. The van der Waals surface area contributed by atoms with Gasteiger partial charge in [0.1, 0.15) is 5.03 Å². The first-order valence-corrected chi connectivity index (χ1v) is 11.2. The van der Waals surface area contributed by atoms with E-state index in [1.807, 2.05) is 18.0 Å². The highest BCUT2D eigenvalue weighted by molar-refractivity contribution is 7.99. The van der Waals surface area contributed by atoms with Crippen LogP contribution in [0.3, 0.4) is 0 Å². The molecule has 1 atom stereocenters. The normalized spacial score (nSPS) is 18.4. The second-order valence-electron chi connectivity index (χ2n) is 7.93. The summed E-state index contributed by atoms with van der Waals surface area (Å²) in [6, 6.07) is 13.0. The van der Waals surface area contributed by atoms with Gasteiger partial charge in [-0.2, -0.15) is 5.10 Å². The standard InChI is InChI=1S/C22H27N5S.ClH/c1-15(16-5-3-2-4-6-16)25-19-13-21(28-18-9-11-23-12-10-18)26-27-20(17-7-8-17)14-24-22(19)27;/h2-6,13-15,17-18,23,25H,7-12H2,1H3;1H. The minimum atomic E-state index is 0. The Morgan fingerprint density at radius 2 is 1.90 bits per heavy atom. The molecule has 3 aromatic rings. The van der Waals surface area contributed by atoms with Crippen LogP contribution >= 0.6 is 24.2 Å². The molecule has 29 heavy (non-hydrogen) atoms. The summed E-state index contributed by atoms with van der Waals surface area (Å²) in [6.07, 6.45) is 6.94. The van der Waals surface area contributed by atoms with Crippen LogP contribution < -0.4 is 10.6 Å². The number of anilines is 1. The number of halogens is 1. The molecule has 0 amide bonds. The number of hydrogen-bond acceptors (Lipinski definition) is 5. The fourth-order valence-electron chi connectivity index (χ4n) is 3.93. The van der Waals surface area contributed by atoms with Crippen LogP contribution in [0, 0.1) is 0 Å². The van der Waals surface area contributed by atoms with Crippen molar-refractivity contribution in [3.8, 4) is 0 Å². The number of hydrogen-bond donors (Lipinski definition) is 2. The molecule has 0 radical (unpaired) electrons. The Kier molecular flexibility index (Phi) is 6.32. The predicted molar refractivity (Wildman–Crippen MR) is 122 cm³/mol. The smallest absolute Gasteiger partial charge is 0.177 e. The van der Waals surface area contributed by atoms with Crippen molar-refractivity contribution in [2.45, 2.75) is 54.8 Å². The van der Waals surface area contributed by atoms with Crippen LogP contribution in [0.25, 0.3) is 5.65 Å². The molecule has 5 nitrogen and oxygen atoms in total. The lowest BCUT2D eigenvalue weighted by molar-refractivity contribution is 0.531. The molecule has 7 heteroatoms. The number of rotatable bonds is 6. The third kappa shape index (κ3) is 4.55. The molecule has 1 aliphatic carbocycles. The second-order valence-corrected chi connectivity index (χ2v) is 9.25. The van der Waals surface area contributed by atoms with Gasteiger partial charge in [0.25, 0.3) is 0 Å². The summed E-state index contributed by atoms with van der Waals surface area (Å²) >= 11 is 1.92. The summed E-state index contributed by atoms with van der Waals surface area (Å²) in [7, 11) is 0. The van der Waals surface area contributed by atoms with Crippen molar-refractivity contribution in [1.29, 1.82) is 0 Å². The molecule has 5 rings (SSSR count). The quantitative estimate of drug-likeness (QED) is 0.574. The fraction of sp³-hybridized carbons (Fsp3) is 0.455. The Morgan fingerprint density at radius 1 is 1.14 bits per heavy atom. The Hall–Kier alpha value is -1.76. The van der Waals surface area contributed by atoms with Crippen molar-refractivity contribution >= 4 is 35.5 Å². The van der Waals surface area contributed by atoms with Gasteiger partial charge in [0.15, 0.2) is 5.65 Å². The number of aromatic nitrogens is 3. The van der Waals surface area contributed by atoms with Crippen molar-refractivity contribution in [2.24, 2.45) is 0 Å². The maximum Gasteiger partial charge on any atom is 0.177 e. The SMILES string of the molecule is CC(Nc1cc(SC2CCNCC2)nn2c(C3CC3)cnc12)c1ccccc1.Cl. The summed E-state index contributed by atoms with van der Waals surface area (Å²) in [5, 5.41) is 13.9. The number of nitrogens with zero attached hydrogens (tertiary/aromatic N) is 3. The summed E-state index contributed by atoms with van der Waals surface area (Å²) in [5.74, 6) is 0.626. The summed E-state index contributed by atoms with van der Waals surface area (Å²) in [4.78, 5) is 4.73. The van der Waals surface area contributed by atoms with E-state index in [4.69, 9.17) is 10.1 Å². The number of piperidine rings is 1. The van der Waals surface area contributed by atoms with E-state index in [9.17, 15) is 0 Å². The van der Waals surface area contributed by atoms with Crippen LogP contribution in [0.4, 0.5) is 5.69 Å². The second kappa shape index (κ2) is 8.94. The van der Waals surface area contributed by atoms with Gasteiger partial charge in [0, 0.05) is 17.2 Å². The van der Waals surface area contributed by atoms with Gasteiger partial charge in [-0.05, 0) is 57.3 Å². The van der Waals surface area contributed by atoms with Gasteiger partial charge in [-0.1, -0.05) is 30.3 Å². The van der Waals surface area contributed by atoms with E-state index in [0.717, 1.165) is 29.5 Å². The van der Waals surface area contributed by atoms with Crippen molar-refractivity contribution < 1.29 is 0 Å². The average Bonchev–Trinajstić information content (AvgIpc) is 3.48. The Bertz CT molecular complexity index is 950. The Labute approximate surface area is 182 Å². The third-order valence-electron chi connectivity index (χ3n) is 5.71. The van der Waals surface area contributed by atoms with Crippen LogP contribution in [0.1, 0.15) is 55.8 Å². The van der Waals surface area contributed by atoms with Gasteiger partial charge in [-0.15, -0.1) is 24.2 Å². The van der Waals surface area contributed by atoms with E-state index >= 15 is 0 Å². The molecule has 1 aliphatic heterocycles. The van der Waals surface area contributed by atoms with Crippen molar-refractivity contribution in [2.75, 3.05) is 18.4 Å². The lowest BCUT2D eigenvalue weighted by Crippen LogP contribution is -2.29. The fourth-order valence-corrected chi connectivity index (χ4v) is 5.05. The molecule has 3 heterocycles. The highest BCUT2D eigenvalue weighted by atomic mass is 35.5. The molecule has 0 bridgehead atoms. The van der Waals surface area contributed by atoms with Gasteiger partial charge in [0.2, 0.25) is 0 Å². The van der Waals surface area contributed by atoms with Gasteiger partial charge in [0.05, 0.1) is 17.6 Å². The lowest BCUT2D eigenvalue weighted by Gasteiger charge is -2.22. The van der Waals surface area contributed by atoms with Crippen LogP contribution in [0.5, 0.6) is 0 Å². The van der Waals surface area contributed by atoms with Gasteiger partial charge >= 0.3 is 0 Å². The zero-order valence-corrected chi connectivity index (χ0v) is 18.3. The molecule has 2 fully saturated rings. The highest BCUT2D eigenvalue weighted by Crippen LogP contribution is 2.41. The van der Waals surface area contributed by atoms with Crippen LogP contribution in [-0.2, 0) is 0 Å². The number of nitrogens with one attached hydrogen (secondary N) is 2. The van der Waals surface area contributed by atoms with Gasteiger partial charge < -0.3 is 10.6 Å². The van der Waals surface area contributed by atoms with Crippen molar-refractivity contribution in [1.82, 2.24) is 19.9 Å². The maximum atomic E-state index is 4.99. The molecule has 2 aliphatic rings. The highest BCUT2D eigenvalue weighted by Gasteiger charge is 2.28. The Balaban J connectivity index is 0.00000205. The first kappa shape index (κ1) is 20.5. The molecule has 1 aromatic carbocycles. The van der Waals surface area contributed by atoms with Crippen LogP contribution in [0.2, 0.25) is 0 Å². The summed E-state index contributed by atoms with van der Waals surface area (Å²) < 4.78 is 2.10. The zero-order valence-electron chi connectivity index (χ0n) is 16.7. The van der Waals surface area contributed by atoms with Gasteiger partial charge in [-0.3, -0.25) is 0 Å².